The van der Waals surface area contributed by atoms with Crippen molar-refractivity contribution in [3.63, 3.8) is 0 Å². The topological polar surface area (TPSA) is 61.4 Å². The Kier molecular flexibility index (Phi) is 5.83. The molecule has 1 amide bonds. The fourth-order valence-electron chi connectivity index (χ4n) is 3.20. The second kappa shape index (κ2) is 8.27. The molecule has 1 aliphatic rings. The third kappa shape index (κ3) is 4.19. The molecule has 1 fully saturated rings. The van der Waals surface area contributed by atoms with Crippen LogP contribution < -0.4 is 5.32 Å². The first-order chi connectivity index (χ1) is 12.6. The summed E-state index contributed by atoms with van der Waals surface area (Å²) in [6, 6.07) is 9.80. The molecule has 0 unspecified atom stereocenters. The number of amides is 1. The van der Waals surface area contributed by atoms with Gasteiger partial charge in [0.2, 0.25) is 5.95 Å². The highest BCUT2D eigenvalue weighted by Gasteiger charge is 2.22. The smallest absolute Gasteiger partial charge is 0.272 e. The third-order valence-electron chi connectivity index (χ3n) is 4.81. The summed E-state index contributed by atoms with van der Waals surface area (Å²) in [5.74, 6) is 0.817. The summed E-state index contributed by atoms with van der Waals surface area (Å²) in [5, 5.41) is 3.27. The number of anilines is 2. The van der Waals surface area contributed by atoms with Crippen molar-refractivity contribution in [1.29, 1.82) is 0 Å². The van der Waals surface area contributed by atoms with Crippen LogP contribution in [0.2, 0.25) is 0 Å². The molecule has 0 spiro atoms. The molecule has 1 aromatic heterocycles. The second-order valence-corrected chi connectivity index (χ2v) is 6.86. The van der Waals surface area contributed by atoms with Crippen LogP contribution in [0.3, 0.4) is 0 Å². The highest BCUT2D eigenvalue weighted by atomic mass is 16.2. The molecule has 2 heterocycles. The Balaban J connectivity index is 1.74. The Morgan fingerprint density at radius 2 is 1.88 bits per heavy atom. The number of nitrogens with one attached hydrogen (secondary N) is 1. The van der Waals surface area contributed by atoms with Gasteiger partial charge < -0.3 is 15.1 Å². The van der Waals surface area contributed by atoms with E-state index in [0.717, 1.165) is 38.4 Å². The molecule has 1 saturated heterocycles. The van der Waals surface area contributed by atoms with Crippen LogP contribution in [0.25, 0.3) is 0 Å². The lowest BCUT2D eigenvalue weighted by atomic mass is 10.0. The zero-order valence-electron chi connectivity index (χ0n) is 15.8. The van der Waals surface area contributed by atoms with Gasteiger partial charge in [-0.05, 0) is 30.2 Å². The van der Waals surface area contributed by atoms with Gasteiger partial charge in [0.05, 0.1) is 0 Å². The number of carbonyl (C=O) groups excluding carboxylic acids is 1. The van der Waals surface area contributed by atoms with Crippen LogP contribution in [0.4, 0.5) is 11.6 Å². The lowest BCUT2D eigenvalue weighted by Crippen LogP contribution is -2.48. The summed E-state index contributed by atoms with van der Waals surface area (Å²) < 4.78 is 0. The van der Waals surface area contributed by atoms with Crippen LogP contribution in [0.15, 0.2) is 36.5 Å². The van der Waals surface area contributed by atoms with E-state index in [0.29, 0.717) is 17.6 Å². The van der Waals surface area contributed by atoms with Crippen LogP contribution in [-0.2, 0) is 0 Å². The van der Waals surface area contributed by atoms with Crippen molar-refractivity contribution in [2.75, 3.05) is 38.0 Å². The van der Waals surface area contributed by atoms with Crippen LogP contribution in [0, 0.1) is 0 Å². The number of nitrogens with zero attached hydrogens (tertiary/aromatic N) is 4. The Bertz CT molecular complexity index is 753. The minimum atomic E-state index is -0.0247. The predicted octanol–water partition coefficient (Wildman–Crippen LogP) is 3.12. The second-order valence-electron chi connectivity index (χ2n) is 6.86. The number of hydrogen-bond donors (Lipinski definition) is 1. The van der Waals surface area contributed by atoms with Gasteiger partial charge in [0.15, 0.2) is 0 Å². The van der Waals surface area contributed by atoms with E-state index < -0.39 is 0 Å². The summed E-state index contributed by atoms with van der Waals surface area (Å²) in [4.78, 5) is 25.7. The summed E-state index contributed by atoms with van der Waals surface area (Å²) in [6.45, 7) is 10.8. The number of rotatable bonds is 5. The summed E-state index contributed by atoms with van der Waals surface area (Å²) in [6.07, 6.45) is 1.64. The van der Waals surface area contributed by atoms with Gasteiger partial charge in [-0.2, -0.15) is 0 Å². The number of para-hydroxylation sites is 1. The maximum atomic E-state index is 12.8. The monoisotopic (exact) mass is 353 g/mol. The molecule has 1 aliphatic heterocycles. The van der Waals surface area contributed by atoms with Crippen molar-refractivity contribution in [2.24, 2.45) is 0 Å². The average Bonchev–Trinajstić information content (AvgIpc) is 2.68. The Morgan fingerprint density at radius 1 is 1.15 bits per heavy atom. The molecule has 26 heavy (non-hydrogen) atoms. The number of benzene rings is 1. The van der Waals surface area contributed by atoms with Gasteiger partial charge in [-0.1, -0.05) is 39.0 Å². The first-order valence-corrected chi connectivity index (χ1v) is 9.29. The van der Waals surface area contributed by atoms with E-state index >= 15 is 0 Å². The van der Waals surface area contributed by atoms with Crippen LogP contribution in [-0.4, -0.2) is 58.4 Å². The zero-order valence-corrected chi connectivity index (χ0v) is 15.8. The lowest BCUT2D eigenvalue weighted by Gasteiger charge is -2.33. The van der Waals surface area contributed by atoms with E-state index in [4.69, 9.17) is 0 Å². The van der Waals surface area contributed by atoms with E-state index in [1.54, 1.807) is 12.3 Å². The minimum Gasteiger partial charge on any atom is -0.335 e. The standard InChI is InChI=1S/C20H27N5O/c1-4-24-11-13-25(14-12-24)19(26)18-9-10-21-20(23-18)22-17-8-6-5-7-16(17)15(2)3/h5-10,15H,4,11-14H2,1-3H3,(H,21,22,23). The van der Waals surface area contributed by atoms with Crippen molar-refractivity contribution >= 4 is 17.5 Å². The van der Waals surface area contributed by atoms with Crippen molar-refractivity contribution in [3.8, 4) is 0 Å². The summed E-state index contributed by atoms with van der Waals surface area (Å²) >= 11 is 0. The van der Waals surface area contributed by atoms with E-state index in [9.17, 15) is 4.79 Å². The Hall–Kier alpha value is -2.47. The van der Waals surface area contributed by atoms with Crippen molar-refractivity contribution in [3.05, 3.63) is 47.8 Å². The summed E-state index contributed by atoms with van der Waals surface area (Å²) in [5.41, 5.74) is 2.61. The lowest BCUT2D eigenvalue weighted by molar-refractivity contribution is 0.0637. The van der Waals surface area contributed by atoms with E-state index in [-0.39, 0.29) is 5.91 Å². The van der Waals surface area contributed by atoms with E-state index in [1.165, 1.54) is 5.56 Å². The molecule has 6 heteroatoms. The predicted molar refractivity (Wildman–Crippen MR) is 104 cm³/mol. The SMILES string of the molecule is CCN1CCN(C(=O)c2ccnc(Nc3ccccc3C(C)C)n2)CC1. The van der Waals surface area contributed by atoms with Gasteiger partial charge >= 0.3 is 0 Å². The molecule has 0 aliphatic carbocycles. The molecule has 0 bridgehead atoms. The van der Waals surface area contributed by atoms with Crippen molar-refractivity contribution in [1.82, 2.24) is 19.8 Å². The third-order valence-corrected chi connectivity index (χ3v) is 4.81. The van der Waals surface area contributed by atoms with Crippen molar-refractivity contribution in [2.45, 2.75) is 26.7 Å². The summed E-state index contributed by atoms with van der Waals surface area (Å²) in [7, 11) is 0. The molecule has 1 aromatic carbocycles. The first kappa shape index (κ1) is 18.3. The van der Waals surface area contributed by atoms with Crippen LogP contribution >= 0.6 is 0 Å². The highest BCUT2D eigenvalue weighted by molar-refractivity contribution is 5.92. The van der Waals surface area contributed by atoms with Gasteiger partial charge in [0.1, 0.15) is 5.69 Å². The fourth-order valence-corrected chi connectivity index (χ4v) is 3.20. The van der Waals surface area contributed by atoms with Gasteiger partial charge in [-0.15, -0.1) is 0 Å². The minimum absolute atomic E-state index is 0.0247. The molecule has 6 nitrogen and oxygen atoms in total. The average molecular weight is 353 g/mol. The number of carbonyl (C=O) groups is 1. The van der Waals surface area contributed by atoms with Crippen LogP contribution in [0.5, 0.6) is 0 Å². The highest BCUT2D eigenvalue weighted by Crippen LogP contribution is 2.25. The van der Waals surface area contributed by atoms with Gasteiger partial charge in [-0.25, -0.2) is 9.97 Å². The maximum Gasteiger partial charge on any atom is 0.272 e. The van der Waals surface area contributed by atoms with Gasteiger partial charge in [0, 0.05) is 38.1 Å². The fraction of sp³-hybridized carbons (Fsp3) is 0.450. The van der Waals surface area contributed by atoms with Crippen molar-refractivity contribution < 1.29 is 4.79 Å². The van der Waals surface area contributed by atoms with E-state index in [1.807, 2.05) is 23.1 Å². The first-order valence-electron chi connectivity index (χ1n) is 9.29. The zero-order chi connectivity index (χ0) is 18.5. The molecule has 138 valence electrons. The number of aromatic nitrogens is 2. The van der Waals surface area contributed by atoms with Gasteiger partial charge in [-0.3, -0.25) is 4.79 Å². The Morgan fingerprint density at radius 3 is 2.58 bits per heavy atom. The molecular weight excluding hydrogens is 326 g/mol. The normalized spacial score (nSPS) is 15.3. The number of hydrogen-bond acceptors (Lipinski definition) is 5. The molecule has 3 rings (SSSR count). The maximum absolute atomic E-state index is 12.8. The number of likely N-dealkylation sites (N-methyl/N-ethyl adjacent to an activating group) is 1. The van der Waals surface area contributed by atoms with Crippen LogP contribution in [0.1, 0.15) is 42.7 Å². The van der Waals surface area contributed by atoms with Gasteiger partial charge in [0.25, 0.3) is 5.91 Å². The molecule has 0 radical (unpaired) electrons. The molecule has 0 atom stereocenters. The largest absolute Gasteiger partial charge is 0.335 e. The Labute approximate surface area is 155 Å². The number of piperazine rings is 1. The van der Waals surface area contributed by atoms with E-state index in [2.05, 4.69) is 47.0 Å². The molecule has 2 aromatic rings. The molecular formula is C20H27N5O. The molecule has 0 saturated carbocycles. The molecule has 1 N–H and O–H groups in total. The quantitative estimate of drug-likeness (QED) is 0.895.